The fourth-order valence-corrected chi connectivity index (χ4v) is 6.20. The average molecular weight is 387 g/mol. The number of ketones is 1. The van der Waals surface area contributed by atoms with Gasteiger partial charge in [0.1, 0.15) is 10.9 Å². The Balaban J connectivity index is 1.87. The number of amides is 1. The number of carbonyl (C=O) groups is 2. The van der Waals surface area contributed by atoms with Crippen LogP contribution in [0.25, 0.3) is 0 Å². The number of methoxy groups -OCH3 is 1. The smallest absolute Gasteiger partial charge is 0.226 e. The van der Waals surface area contributed by atoms with Crippen molar-refractivity contribution in [2.45, 2.75) is 19.3 Å². The zero-order valence-corrected chi connectivity index (χ0v) is 16.5. The lowest BCUT2D eigenvalue weighted by Crippen LogP contribution is -2.31. The molecule has 0 saturated carbocycles. The minimum absolute atomic E-state index is 0.00120. The molecule has 27 heavy (non-hydrogen) atoms. The van der Waals surface area contributed by atoms with Crippen LogP contribution < -0.4 is 0 Å². The van der Waals surface area contributed by atoms with E-state index in [1.165, 1.54) is 0 Å². The molecule has 0 radical (unpaired) electrons. The molecular weight excluding hydrogens is 360 g/mol. The maximum absolute atomic E-state index is 13.3. The van der Waals surface area contributed by atoms with Crippen molar-refractivity contribution in [2.75, 3.05) is 38.3 Å². The normalized spacial score (nSPS) is 22.8. The molecule has 0 N–H and O–H groups in total. The molecule has 2 saturated heterocycles. The second-order valence-corrected chi connectivity index (χ2v) is 9.30. The van der Waals surface area contributed by atoms with Gasteiger partial charge in [0.05, 0.1) is 18.4 Å². The van der Waals surface area contributed by atoms with Gasteiger partial charge in [-0.25, -0.2) is 0 Å². The molecule has 0 bridgehead atoms. The van der Waals surface area contributed by atoms with Crippen LogP contribution in [0.2, 0.25) is 0 Å². The molecule has 1 amide bonds. The SMILES string of the molecule is COCCN1C[C@H](C(=O)C(C#N)=S2CCCC2)[C@@H](Cc2ccccc2)C1=O. The summed E-state index contributed by atoms with van der Waals surface area (Å²) in [6.45, 7) is 1.32. The first-order valence-electron chi connectivity index (χ1n) is 9.46. The number of ether oxygens (including phenoxy) is 1. The van der Waals surface area contributed by atoms with Crippen LogP contribution in [-0.2, 0) is 20.7 Å². The highest BCUT2D eigenvalue weighted by Crippen LogP contribution is 2.33. The zero-order valence-electron chi connectivity index (χ0n) is 15.7. The highest BCUT2D eigenvalue weighted by atomic mass is 32.2. The maximum Gasteiger partial charge on any atom is 0.226 e. The van der Waals surface area contributed by atoms with E-state index in [0.717, 1.165) is 29.9 Å². The highest BCUT2D eigenvalue weighted by Gasteiger charge is 2.45. The van der Waals surface area contributed by atoms with Gasteiger partial charge < -0.3 is 9.64 Å². The fraction of sp³-hybridized carbons (Fsp3) is 0.524. The van der Waals surface area contributed by atoms with Crippen LogP contribution >= 0.6 is 10.5 Å². The van der Waals surface area contributed by atoms with Crippen molar-refractivity contribution in [3.63, 3.8) is 0 Å². The monoisotopic (exact) mass is 386 g/mol. The van der Waals surface area contributed by atoms with Crippen molar-refractivity contribution >= 4 is 27.0 Å². The third kappa shape index (κ3) is 4.48. The van der Waals surface area contributed by atoms with Gasteiger partial charge in [-0.05, 0) is 36.3 Å². The highest BCUT2D eigenvalue weighted by molar-refractivity contribution is 8.17. The van der Waals surface area contributed by atoms with Gasteiger partial charge in [0.15, 0.2) is 5.78 Å². The third-order valence-electron chi connectivity index (χ3n) is 5.38. The number of likely N-dealkylation sites (tertiary alicyclic amines) is 1. The topological polar surface area (TPSA) is 70.4 Å². The van der Waals surface area contributed by atoms with Gasteiger partial charge in [0, 0.05) is 20.2 Å². The molecule has 5 nitrogen and oxygen atoms in total. The van der Waals surface area contributed by atoms with Crippen LogP contribution in [0, 0.1) is 23.2 Å². The number of nitriles is 1. The van der Waals surface area contributed by atoms with Gasteiger partial charge in [-0.1, -0.05) is 30.3 Å². The lowest BCUT2D eigenvalue weighted by Gasteiger charge is -2.16. The van der Waals surface area contributed by atoms with Crippen molar-refractivity contribution in [1.29, 1.82) is 5.26 Å². The Bertz CT molecular complexity index is 761. The van der Waals surface area contributed by atoms with Crippen LogP contribution in [0.3, 0.4) is 0 Å². The van der Waals surface area contributed by atoms with Gasteiger partial charge in [-0.3, -0.25) is 9.59 Å². The van der Waals surface area contributed by atoms with E-state index in [4.69, 9.17) is 4.74 Å². The second-order valence-electron chi connectivity index (χ2n) is 7.09. The number of benzene rings is 1. The number of nitrogens with zero attached hydrogens (tertiary/aromatic N) is 2. The Morgan fingerprint density at radius 2 is 2.00 bits per heavy atom. The minimum atomic E-state index is -0.433. The largest absolute Gasteiger partial charge is 0.383 e. The zero-order chi connectivity index (χ0) is 19.2. The molecule has 2 aliphatic rings. The summed E-state index contributed by atoms with van der Waals surface area (Å²) in [7, 11) is 1.38. The first kappa shape index (κ1) is 19.8. The molecular formula is C21H26N2O3S. The molecule has 2 atom stereocenters. The Morgan fingerprint density at radius 3 is 2.63 bits per heavy atom. The van der Waals surface area contributed by atoms with E-state index in [1.54, 1.807) is 12.0 Å². The van der Waals surface area contributed by atoms with Crippen molar-refractivity contribution in [1.82, 2.24) is 4.90 Å². The van der Waals surface area contributed by atoms with Crippen LogP contribution in [0.1, 0.15) is 18.4 Å². The summed E-state index contributed by atoms with van der Waals surface area (Å²) >= 11 is 0. The van der Waals surface area contributed by atoms with E-state index in [-0.39, 0.29) is 22.2 Å². The van der Waals surface area contributed by atoms with Gasteiger partial charge >= 0.3 is 0 Å². The molecule has 2 heterocycles. The maximum atomic E-state index is 13.3. The lowest BCUT2D eigenvalue weighted by atomic mass is 9.85. The Hall–Kier alpha value is -1.97. The summed E-state index contributed by atoms with van der Waals surface area (Å²) in [5.74, 6) is 0.944. The van der Waals surface area contributed by atoms with Gasteiger partial charge in [-0.15, -0.1) is 0 Å². The number of carbonyl (C=O) groups excluding carboxylic acids is 2. The fourth-order valence-electron chi connectivity index (χ4n) is 3.92. The van der Waals surface area contributed by atoms with Crippen molar-refractivity contribution in [2.24, 2.45) is 11.8 Å². The summed E-state index contributed by atoms with van der Waals surface area (Å²) in [6, 6.07) is 12.0. The van der Waals surface area contributed by atoms with E-state index in [2.05, 4.69) is 6.07 Å². The molecule has 2 aliphatic heterocycles. The lowest BCUT2D eigenvalue weighted by molar-refractivity contribution is -0.132. The standard InChI is InChI=1S/C21H26N2O3S/c1-26-10-9-23-15-18(20(24)19(14-22)27-11-5-6-12-27)17(21(23)25)13-16-7-3-2-4-8-16/h2-4,7-8,17-18H,5-6,9-13,15H2,1H3/t17-,18+/m1/s1. The number of hydrogen-bond acceptors (Lipinski definition) is 4. The predicted octanol–water partition coefficient (Wildman–Crippen LogP) is 2.28. The molecule has 144 valence electrons. The Labute approximate surface area is 163 Å². The van der Waals surface area contributed by atoms with Gasteiger partial charge in [0.2, 0.25) is 5.91 Å². The number of rotatable bonds is 7. The van der Waals surface area contributed by atoms with Gasteiger partial charge in [0.25, 0.3) is 0 Å². The number of hydrogen-bond donors (Lipinski definition) is 0. The van der Waals surface area contributed by atoms with Crippen LogP contribution in [0.15, 0.2) is 30.3 Å². The summed E-state index contributed by atoms with van der Waals surface area (Å²) in [4.78, 5) is 28.4. The molecule has 2 fully saturated rings. The Kier molecular flexibility index (Phi) is 6.81. The first-order valence-corrected chi connectivity index (χ1v) is 11.0. The number of Topliss-reactive ketones (excluding diaryl/α,β-unsaturated/α-hetero) is 1. The van der Waals surface area contributed by atoms with E-state index in [0.29, 0.717) is 31.0 Å². The van der Waals surface area contributed by atoms with E-state index >= 15 is 0 Å². The van der Waals surface area contributed by atoms with Crippen molar-refractivity contribution < 1.29 is 14.3 Å². The van der Waals surface area contributed by atoms with Crippen molar-refractivity contribution in [3.8, 4) is 6.07 Å². The van der Waals surface area contributed by atoms with Crippen LogP contribution in [-0.4, -0.2) is 59.8 Å². The summed E-state index contributed by atoms with van der Waals surface area (Å²) in [6.07, 6.45) is 2.70. The third-order valence-corrected chi connectivity index (χ3v) is 7.81. The van der Waals surface area contributed by atoms with Gasteiger partial charge in [-0.2, -0.15) is 15.7 Å². The molecule has 0 aromatic heterocycles. The average Bonchev–Trinajstić information content (AvgIpc) is 3.31. The van der Waals surface area contributed by atoms with Crippen molar-refractivity contribution in [3.05, 3.63) is 35.9 Å². The second kappa shape index (κ2) is 9.29. The van der Waals surface area contributed by atoms with E-state index in [1.807, 2.05) is 30.3 Å². The summed E-state index contributed by atoms with van der Waals surface area (Å²) in [5.41, 5.74) is 1.05. The quantitative estimate of drug-likeness (QED) is 0.674. The van der Waals surface area contributed by atoms with E-state index < -0.39 is 11.8 Å². The molecule has 0 spiro atoms. The van der Waals surface area contributed by atoms with E-state index in [9.17, 15) is 14.9 Å². The summed E-state index contributed by atoms with van der Waals surface area (Å²) < 4.78 is 5.12. The molecule has 1 aromatic carbocycles. The minimum Gasteiger partial charge on any atom is -0.383 e. The summed E-state index contributed by atoms with van der Waals surface area (Å²) in [5, 5.41) is 9.65. The molecule has 0 aliphatic carbocycles. The predicted molar refractivity (Wildman–Crippen MR) is 108 cm³/mol. The molecule has 3 rings (SSSR count). The Morgan fingerprint density at radius 1 is 1.30 bits per heavy atom. The first-order chi connectivity index (χ1) is 13.2. The molecule has 1 aromatic rings. The molecule has 0 unspecified atom stereocenters. The van der Waals surface area contributed by atoms with Crippen LogP contribution in [0.5, 0.6) is 0 Å². The molecule has 6 heteroatoms. The van der Waals surface area contributed by atoms with Crippen LogP contribution in [0.4, 0.5) is 0 Å².